The summed E-state index contributed by atoms with van der Waals surface area (Å²) < 4.78 is 0. The minimum atomic E-state index is -0.479. The molecule has 0 spiro atoms. The third-order valence-corrected chi connectivity index (χ3v) is 3.98. The highest BCUT2D eigenvalue weighted by atomic mass is 35.5. The van der Waals surface area contributed by atoms with Gasteiger partial charge >= 0.3 is 0 Å². The van der Waals surface area contributed by atoms with Gasteiger partial charge < -0.3 is 0 Å². The third kappa shape index (κ3) is 2.34. The zero-order chi connectivity index (χ0) is 15.9. The van der Waals surface area contributed by atoms with Crippen LogP contribution in [0.1, 0.15) is 16.7 Å². The van der Waals surface area contributed by atoms with Gasteiger partial charge in [-0.1, -0.05) is 53.6 Å². The average Bonchev–Trinajstić information content (AvgIpc) is 2.71. The Hall–Kier alpha value is -2.39. The van der Waals surface area contributed by atoms with Crippen molar-refractivity contribution in [1.29, 1.82) is 0 Å². The monoisotopic (exact) mass is 311 g/mol. The van der Waals surface area contributed by atoms with E-state index in [2.05, 4.69) is 0 Å². The van der Waals surface area contributed by atoms with Gasteiger partial charge in [-0.05, 0) is 37.1 Å². The Labute approximate surface area is 133 Å². The molecule has 110 valence electrons. The first-order valence-corrected chi connectivity index (χ1v) is 7.29. The highest BCUT2D eigenvalue weighted by molar-refractivity contribution is 6.60. The summed E-state index contributed by atoms with van der Waals surface area (Å²) >= 11 is 6.15. The van der Waals surface area contributed by atoms with E-state index in [0.29, 0.717) is 11.3 Å². The number of nitrogens with zero attached hydrogens (tertiary/aromatic N) is 1. The second-order valence-corrected chi connectivity index (χ2v) is 5.72. The molecule has 0 aromatic heterocycles. The number of amides is 2. The van der Waals surface area contributed by atoms with Gasteiger partial charge in [-0.15, -0.1) is 0 Å². The van der Waals surface area contributed by atoms with E-state index in [9.17, 15) is 9.59 Å². The van der Waals surface area contributed by atoms with Crippen molar-refractivity contribution in [2.75, 3.05) is 4.90 Å². The maximum atomic E-state index is 12.7. The Morgan fingerprint density at radius 2 is 1.55 bits per heavy atom. The summed E-state index contributed by atoms with van der Waals surface area (Å²) in [5.41, 5.74) is 3.50. The van der Waals surface area contributed by atoms with Crippen molar-refractivity contribution >= 4 is 34.7 Å². The first-order chi connectivity index (χ1) is 10.5. The largest absolute Gasteiger partial charge is 0.277 e. The maximum absolute atomic E-state index is 12.7. The molecule has 1 aliphatic rings. The van der Waals surface area contributed by atoms with E-state index in [-0.39, 0.29) is 16.5 Å². The molecule has 3 rings (SSSR count). The molecule has 1 heterocycles. The van der Waals surface area contributed by atoms with Crippen molar-refractivity contribution < 1.29 is 9.59 Å². The van der Waals surface area contributed by atoms with Crippen molar-refractivity contribution in [1.82, 2.24) is 0 Å². The molecule has 0 unspecified atom stereocenters. The fourth-order valence-corrected chi connectivity index (χ4v) is 2.75. The molecule has 4 heteroatoms. The minimum absolute atomic E-state index is 0.0321. The second-order valence-electron chi connectivity index (χ2n) is 5.34. The molecular formula is C18H14ClNO2. The predicted octanol–water partition coefficient (Wildman–Crippen LogP) is 3.83. The molecule has 0 bridgehead atoms. The summed E-state index contributed by atoms with van der Waals surface area (Å²) in [6.07, 6.45) is 0. The number of hydrogen-bond donors (Lipinski definition) is 0. The number of hydrogen-bond acceptors (Lipinski definition) is 2. The molecule has 0 radical (unpaired) electrons. The van der Waals surface area contributed by atoms with Crippen LogP contribution in [0.25, 0.3) is 5.57 Å². The Morgan fingerprint density at radius 3 is 2.18 bits per heavy atom. The van der Waals surface area contributed by atoms with Crippen LogP contribution < -0.4 is 4.90 Å². The number of benzene rings is 2. The fraction of sp³-hybridized carbons (Fsp3) is 0.111. The summed E-state index contributed by atoms with van der Waals surface area (Å²) in [6, 6.07) is 14.6. The SMILES string of the molecule is Cc1ccc(C2=C(Cl)C(=O)N(c3cccc(C)c3)C2=O)cc1. The van der Waals surface area contributed by atoms with E-state index < -0.39 is 5.91 Å². The van der Waals surface area contributed by atoms with Gasteiger partial charge in [-0.2, -0.15) is 0 Å². The lowest BCUT2D eigenvalue weighted by atomic mass is 10.0. The van der Waals surface area contributed by atoms with Crippen LogP contribution in [0.4, 0.5) is 5.69 Å². The summed E-state index contributed by atoms with van der Waals surface area (Å²) in [5.74, 6) is -0.864. The summed E-state index contributed by atoms with van der Waals surface area (Å²) in [7, 11) is 0. The first kappa shape index (κ1) is 14.5. The first-order valence-electron chi connectivity index (χ1n) is 6.91. The Balaban J connectivity index is 2.05. The van der Waals surface area contributed by atoms with Crippen LogP contribution in [-0.2, 0) is 9.59 Å². The van der Waals surface area contributed by atoms with Crippen molar-refractivity contribution in [3.63, 3.8) is 0 Å². The van der Waals surface area contributed by atoms with Gasteiger partial charge in [0.05, 0.1) is 11.3 Å². The Kier molecular flexibility index (Phi) is 3.59. The normalized spacial score (nSPS) is 15.0. The van der Waals surface area contributed by atoms with Gasteiger partial charge in [0.15, 0.2) is 0 Å². The van der Waals surface area contributed by atoms with Crippen LogP contribution in [0.3, 0.4) is 0 Å². The number of carbonyl (C=O) groups is 2. The molecule has 0 aliphatic carbocycles. The number of aryl methyl sites for hydroxylation is 2. The highest BCUT2D eigenvalue weighted by Gasteiger charge is 2.39. The number of imide groups is 1. The van der Waals surface area contributed by atoms with Crippen LogP contribution in [0.15, 0.2) is 53.6 Å². The number of halogens is 1. The lowest BCUT2D eigenvalue weighted by molar-refractivity contribution is -0.119. The van der Waals surface area contributed by atoms with E-state index >= 15 is 0 Å². The van der Waals surface area contributed by atoms with Crippen LogP contribution >= 0.6 is 11.6 Å². The van der Waals surface area contributed by atoms with Crippen LogP contribution in [0.2, 0.25) is 0 Å². The molecule has 0 atom stereocenters. The second kappa shape index (κ2) is 5.43. The lowest BCUT2D eigenvalue weighted by Gasteiger charge is -2.15. The number of carbonyl (C=O) groups excluding carboxylic acids is 2. The maximum Gasteiger partial charge on any atom is 0.277 e. The Morgan fingerprint density at radius 1 is 0.864 bits per heavy atom. The van der Waals surface area contributed by atoms with E-state index in [0.717, 1.165) is 16.0 Å². The standard InChI is InChI=1S/C18H14ClNO2/c1-11-6-8-13(9-7-11)15-16(19)18(22)20(17(15)21)14-5-3-4-12(2)10-14/h3-10H,1-2H3. The minimum Gasteiger partial charge on any atom is -0.268 e. The molecule has 22 heavy (non-hydrogen) atoms. The lowest BCUT2D eigenvalue weighted by Crippen LogP contribution is -2.31. The van der Waals surface area contributed by atoms with E-state index in [1.165, 1.54) is 0 Å². The van der Waals surface area contributed by atoms with Gasteiger partial charge in [0.1, 0.15) is 5.03 Å². The molecular weight excluding hydrogens is 298 g/mol. The zero-order valence-electron chi connectivity index (χ0n) is 12.3. The molecule has 1 aliphatic heterocycles. The topological polar surface area (TPSA) is 37.4 Å². The molecule has 0 saturated heterocycles. The van der Waals surface area contributed by atoms with Crippen LogP contribution in [0, 0.1) is 13.8 Å². The molecule has 2 aromatic carbocycles. The molecule has 2 aromatic rings. The van der Waals surface area contributed by atoms with Gasteiger partial charge in [0, 0.05) is 0 Å². The Bertz CT molecular complexity index is 806. The third-order valence-electron chi connectivity index (χ3n) is 3.63. The quantitative estimate of drug-likeness (QED) is 0.791. The van der Waals surface area contributed by atoms with E-state index in [1.54, 1.807) is 24.3 Å². The van der Waals surface area contributed by atoms with Gasteiger partial charge in [0.25, 0.3) is 11.8 Å². The van der Waals surface area contributed by atoms with Crippen molar-refractivity contribution in [2.45, 2.75) is 13.8 Å². The molecule has 2 amide bonds. The number of anilines is 1. The molecule has 0 saturated carbocycles. The fourth-order valence-electron chi connectivity index (χ4n) is 2.47. The van der Waals surface area contributed by atoms with E-state index in [1.807, 2.05) is 38.1 Å². The smallest absolute Gasteiger partial charge is 0.268 e. The van der Waals surface area contributed by atoms with Gasteiger partial charge in [-0.25, -0.2) is 4.90 Å². The molecule has 3 nitrogen and oxygen atoms in total. The van der Waals surface area contributed by atoms with E-state index in [4.69, 9.17) is 11.6 Å². The summed E-state index contributed by atoms with van der Waals surface area (Å²) in [5, 5.41) is -0.0321. The van der Waals surface area contributed by atoms with Gasteiger partial charge in [-0.3, -0.25) is 9.59 Å². The molecule has 0 fully saturated rings. The van der Waals surface area contributed by atoms with Crippen LogP contribution in [-0.4, -0.2) is 11.8 Å². The van der Waals surface area contributed by atoms with Gasteiger partial charge in [0.2, 0.25) is 0 Å². The zero-order valence-corrected chi connectivity index (χ0v) is 13.0. The molecule has 0 N–H and O–H groups in total. The number of rotatable bonds is 2. The average molecular weight is 312 g/mol. The van der Waals surface area contributed by atoms with Crippen molar-refractivity contribution in [2.24, 2.45) is 0 Å². The van der Waals surface area contributed by atoms with Crippen molar-refractivity contribution in [3.8, 4) is 0 Å². The van der Waals surface area contributed by atoms with Crippen LogP contribution in [0.5, 0.6) is 0 Å². The summed E-state index contributed by atoms with van der Waals surface area (Å²) in [4.78, 5) is 26.2. The highest BCUT2D eigenvalue weighted by Crippen LogP contribution is 2.35. The summed E-state index contributed by atoms with van der Waals surface area (Å²) in [6.45, 7) is 3.87. The van der Waals surface area contributed by atoms with Crippen molar-refractivity contribution in [3.05, 3.63) is 70.3 Å². The predicted molar refractivity (Wildman–Crippen MR) is 87.6 cm³/mol.